The summed E-state index contributed by atoms with van der Waals surface area (Å²) in [5.41, 5.74) is 4.31. The van der Waals surface area contributed by atoms with Gasteiger partial charge in [0.2, 0.25) is 0 Å². The van der Waals surface area contributed by atoms with E-state index in [0.717, 1.165) is 34.0 Å². The molecule has 0 saturated heterocycles. The lowest BCUT2D eigenvalue weighted by atomic mass is 10.2. The number of hydrogen-bond acceptors (Lipinski definition) is 3. The van der Waals surface area contributed by atoms with Gasteiger partial charge in [0.05, 0.1) is 11.4 Å². The number of nitrogens with zero attached hydrogens (tertiary/aromatic N) is 2. The Morgan fingerprint density at radius 1 is 1.20 bits per heavy atom. The van der Waals surface area contributed by atoms with Crippen LogP contribution in [0.2, 0.25) is 0 Å². The van der Waals surface area contributed by atoms with Crippen molar-refractivity contribution in [2.45, 2.75) is 18.4 Å². The van der Waals surface area contributed by atoms with Gasteiger partial charge in [-0.15, -0.1) is 0 Å². The van der Waals surface area contributed by atoms with Gasteiger partial charge in [-0.3, -0.25) is 4.79 Å². The van der Waals surface area contributed by atoms with Gasteiger partial charge in [0.15, 0.2) is 0 Å². The molecular weight excluding hydrogens is 337 g/mol. The van der Waals surface area contributed by atoms with Crippen LogP contribution in [-0.4, -0.2) is 15.7 Å². The second-order valence-corrected chi connectivity index (χ2v) is 6.92. The monoisotopic (exact) mass is 353 g/mol. The lowest BCUT2D eigenvalue weighted by molar-refractivity contribution is 0.102. The number of hydrogen-bond donors (Lipinski definition) is 1. The minimum absolute atomic E-state index is 0.289. The minimum atomic E-state index is -0.430. The van der Waals surface area contributed by atoms with E-state index in [9.17, 15) is 9.18 Å². The highest BCUT2D eigenvalue weighted by Gasteiger charge is 2.25. The van der Waals surface area contributed by atoms with Gasteiger partial charge in [-0.05, 0) is 36.8 Å². The smallest absolute Gasteiger partial charge is 0.256 e. The van der Waals surface area contributed by atoms with Crippen molar-refractivity contribution < 1.29 is 9.18 Å². The number of anilines is 1. The molecule has 0 spiro atoms. The molecule has 1 amide bonds. The van der Waals surface area contributed by atoms with E-state index in [1.807, 2.05) is 31.2 Å². The third kappa shape index (κ3) is 2.93. The summed E-state index contributed by atoms with van der Waals surface area (Å²) < 4.78 is 15.2. The molecule has 6 heteroatoms. The molecule has 126 valence electrons. The van der Waals surface area contributed by atoms with Crippen LogP contribution < -0.4 is 5.32 Å². The maximum atomic E-state index is 13.4. The second-order valence-electron chi connectivity index (χ2n) is 5.93. The van der Waals surface area contributed by atoms with Crippen molar-refractivity contribution in [3.05, 3.63) is 76.7 Å². The first kappa shape index (κ1) is 15.9. The molecule has 25 heavy (non-hydrogen) atoms. The zero-order valence-corrected chi connectivity index (χ0v) is 14.4. The van der Waals surface area contributed by atoms with Crippen molar-refractivity contribution in [2.24, 2.45) is 0 Å². The molecule has 0 radical (unpaired) electrons. The predicted molar refractivity (Wildman–Crippen MR) is 97.7 cm³/mol. The third-order valence-electron chi connectivity index (χ3n) is 4.21. The van der Waals surface area contributed by atoms with E-state index in [0.29, 0.717) is 5.82 Å². The van der Waals surface area contributed by atoms with E-state index in [4.69, 9.17) is 5.10 Å². The highest BCUT2D eigenvalue weighted by molar-refractivity contribution is 7.98. The average molecular weight is 353 g/mol. The molecular formula is C19H16FN3OS. The lowest BCUT2D eigenvalue weighted by Gasteiger charge is -2.13. The second kappa shape index (κ2) is 6.37. The molecule has 0 aliphatic carbocycles. The number of halogens is 1. The molecule has 1 N–H and O–H groups in total. The van der Waals surface area contributed by atoms with Crippen LogP contribution in [0.5, 0.6) is 0 Å². The van der Waals surface area contributed by atoms with Crippen LogP contribution >= 0.6 is 11.8 Å². The first-order valence-corrected chi connectivity index (χ1v) is 9.10. The third-order valence-corrected chi connectivity index (χ3v) is 5.18. The first-order valence-electron chi connectivity index (χ1n) is 7.95. The summed E-state index contributed by atoms with van der Waals surface area (Å²) in [6.45, 7) is 2.01. The number of nitrogens with one attached hydrogen (secondary N) is 1. The number of thioether (sulfide) groups is 1. The number of rotatable bonds is 3. The number of benzene rings is 2. The maximum Gasteiger partial charge on any atom is 0.256 e. The number of carbonyl (C=O) groups is 1. The van der Waals surface area contributed by atoms with Crippen LogP contribution in [-0.2, 0) is 11.5 Å². The topological polar surface area (TPSA) is 46.9 Å². The highest BCUT2D eigenvalue weighted by Crippen LogP contribution is 2.36. The molecule has 0 saturated carbocycles. The van der Waals surface area contributed by atoms with E-state index in [1.165, 1.54) is 18.2 Å². The Kier molecular flexibility index (Phi) is 4.05. The molecule has 0 fully saturated rings. The summed E-state index contributed by atoms with van der Waals surface area (Å²) in [6.07, 6.45) is 0. The summed E-state index contributed by atoms with van der Waals surface area (Å²) in [5.74, 6) is 1.54. The zero-order chi connectivity index (χ0) is 17.4. The van der Waals surface area contributed by atoms with E-state index in [-0.39, 0.29) is 11.5 Å². The summed E-state index contributed by atoms with van der Waals surface area (Å²) in [7, 11) is 0. The highest BCUT2D eigenvalue weighted by atomic mass is 32.2. The Bertz CT molecular complexity index is 967. The van der Waals surface area contributed by atoms with Gasteiger partial charge in [0.1, 0.15) is 11.6 Å². The fourth-order valence-electron chi connectivity index (χ4n) is 2.93. The van der Waals surface area contributed by atoms with Crippen molar-refractivity contribution in [1.29, 1.82) is 0 Å². The predicted octanol–water partition coefficient (Wildman–Crippen LogP) is 4.32. The van der Waals surface area contributed by atoms with Gasteiger partial charge in [0, 0.05) is 22.6 Å². The SMILES string of the molecule is Cc1ccccc1-n1nc2c(c1NC(=O)c1cccc(F)c1)CSC2. The zero-order valence-electron chi connectivity index (χ0n) is 13.6. The number of carbonyl (C=O) groups excluding carboxylic acids is 1. The van der Waals surface area contributed by atoms with Gasteiger partial charge in [-0.1, -0.05) is 24.3 Å². The van der Waals surface area contributed by atoms with Crippen LogP contribution in [0.15, 0.2) is 48.5 Å². The van der Waals surface area contributed by atoms with E-state index in [1.54, 1.807) is 22.5 Å². The molecule has 1 aliphatic rings. The number of fused-ring (bicyclic) bond motifs is 1. The molecule has 2 heterocycles. The fourth-order valence-corrected chi connectivity index (χ4v) is 3.96. The van der Waals surface area contributed by atoms with Crippen LogP contribution in [0.25, 0.3) is 5.69 Å². The van der Waals surface area contributed by atoms with Gasteiger partial charge in [0.25, 0.3) is 5.91 Å². The Hall–Kier alpha value is -2.60. The van der Waals surface area contributed by atoms with Crippen molar-refractivity contribution in [1.82, 2.24) is 9.78 Å². The van der Waals surface area contributed by atoms with E-state index in [2.05, 4.69) is 5.32 Å². The maximum absolute atomic E-state index is 13.4. The van der Waals surface area contributed by atoms with Crippen molar-refractivity contribution in [2.75, 3.05) is 5.32 Å². The Balaban J connectivity index is 1.76. The summed E-state index contributed by atoms with van der Waals surface area (Å²) in [4.78, 5) is 12.6. The fraction of sp³-hybridized carbons (Fsp3) is 0.158. The number of aromatic nitrogens is 2. The quantitative estimate of drug-likeness (QED) is 0.763. The van der Waals surface area contributed by atoms with Crippen molar-refractivity contribution >= 4 is 23.5 Å². The molecule has 0 atom stereocenters. The van der Waals surface area contributed by atoms with Gasteiger partial charge in [-0.2, -0.15) is 16.9 Å². The molecule has 4 nitrogen and oxygen atoms in total. The van der Waals surface area contributed by atoms with E-state index >= 15 is 0 Å². The molecule has 1 aromatic heterocycles. The lowest BCUT2D eigenvalue weighted by Crippen LogP contribution is -2.16. The largest absolute Gasteiger partial charge is 0.306 e. The van der Waals surface area contributed by atoms with Gasteiger partial charge in [-0.25, -0.2) is 9.07 Å². The number of aryl methyl sites for hydroxylation is 1. The van der Waals surface area contributed by atoms with Crippen LogP contribution in [0.1, 0.15) is 27.2 Å². The van der Waals surface area contributed by atoms with Crippen molar-refractivity contribution in [3.63, 3.8) is 0 Å². The first-order chi connectivity index (χ1) is 12.1. The standard InChI is InChI=1S/C19H16FN3OS/c1-12-5-2-3-8-17(12)23-18(15-10-25-11-16(15)22-23)21-19(24)13-6-4-7-14(20)9-13/h2-9H,10-11H2,1H3,(H,21,24). The Labute approximate surface area is 149 Å². The molecule has 1 aliphatic heterocycles. The summed E-state index contributed by atoms with van der Waals surface area (Å²) in [5, 5.41) is 7.63. The molecule has 0 unspecified atom stereocenters. The average Bonchev–Trinajstić information content (AvgIpc) is 3.18. The number of amides is 1. The van der Waals surface area contributed by atoms with Crippen molar-refractivity contribution in [3.8, 4) is 5.69 Å². The summed E-state index contributed by atoms with van der Waals surface area (Å²) >= 11 is 1.77. The molecule has 3 aromatic rings. The number of para-hydroxylation sites is 1. The normalized spacial score (nSPS) is 12.9. The van der Waals surface area contributed by atoms with E-state index < -0.39 is 5.82 Å². The van der Waals surface area contributed by atoms with Crippen LogP contribution in [0, 0.1) is 12.7 Å². The van der Waals surface area contributed by atoms with Crippen LogP contribution in [0.4, 0.5) is 10.2 Å². The molecule has 4 rings (SSSR count). The molecule has 0 bridgehead atoms. The Morgan fingerprint density at radius 2 is 2.04 bits per heavy atom. The van der Waals surface area contributed by atoms with Crippen LogP contribution in [0.3, 0.4) is 0 Å². The minimum Gasteiger partial charge on any atom is -0.306 e. The van der Waals surface area contributed by atoms with Gasteiger partial charge >= 0.3 is 0 Å². The Morgan fingerprint density at radius 3 is 2.84 bits per heavy atom. The molecule has 2 aromatic carbocycles. The summed E-state index contributed by atoms with van der Waals surface area (Å²) in [6, 6.07) is 13.6. The van der Waals surface area contributed by atoms with Gasteiger partial charge < -0.3 is 5.32 Å².